The molecule has 1 saturated heterocycles. The summed E-state index contributed by atoms with van der Waals surface area (Å²) in [5.74, 6) is 1.63. The Balaban J connectivity index is 0.00000363. The van der Waals surface area contributed by atoms with Crippen molar-refractivity contribution < 1.29 is 4.79 Å². The highest BCUT2D eigenvalue weighted by atomic mass is 127. The van der Waals surface area contributed by atoms with Gasteiger partial charge >= 0.3 is 0 Å². The fraction of sp³-hybridized carbons (Fsp3) is 0.455. The summed E-state index contributed by atoms with van der Waals surface area (Å²) in [5, 5.41) is 4.01. The number of hydrogen-bond donors (Lipinski definition) is 1. The highest BCUT2D eigenvalue weighted by molar-refractivity contribution is 14.0. The lowest BCUT2D eigenvalue weighted by atomic mass is 10.2. The van der Waals surface area contributed by atoms with E-state index in [0.29, 0.717) is 32.6 Å². The number of hydrogen-bond acceptors (Lipinski definition) is 5. The van der Waals surface area contributed by atoms with Gasteiger partial charge in [0.15, 0.2) is 5.96 Å². The minimum absolute atomic E-state index is 0. The molecule has 1 fully saturated rings. The van der Waals surface area contributed by atoms with Crippen LogP contribution in [-0.4, -0.2) is 78.0 Å². The summed E-state index contributed by atoms with van der Waals surface area (Å²) in [6.07, 6.45) is 3.87. The van der Waals surface area contributed by atoms with Crippen LogP contribution in [0.15, 0.2) is 47.7 Å². The van der Waals surface area contributed by atoms with Gasteiger partial charge in [0, 0.05) is 70.2 Å². The molecule has 32 heavy (non-hydrogen) atoms. The standard InChI is InChI=1S/C22H30ClN7O.HI/c1-3-24-21(28(2)17-18-6-4-7-19(23)16-18)27-11-8-20(31)29-12-14-30(15-13-29)22-25-9-5-10-26-22;/h4-7,9-10,16H,3,8,11-15,17H2,1-2H3,(H,24,27);1H. The van der Waals surface area contributed by atoms with Crippen molar-refractivity contribution in [3.05, 3.63) is 53.3 Å². The molecule has 0 atom stereocenters. The molecule has 1 aromatic heterocycles. The average Bonchev–Trinajstić information content (AvgIpc) is 2.79. The first-order valence-corrected chi connectivity index (χ1v) is 11.0. The number of amides is 1. The van der Waals surface area contributed by atoms with Crippen LogP contribution in [0.25, 0.3) is 0 Å². The summed E-state index contributed by atoms with van der Waals surface area (Å²) >= 11 is 6.09. The first-order valence-electron chi connectivity index (χ1n) is 10.6. The van der Waals surface area contributed by atoms with E-state index in [0.717, 1.165) is 42.1 Å². The van der Waals surface area contributed by atoms with Gasteiger partial charge < -0.3 is 20.0 Å². The van der Waals surface area contributed by atoms with Crippen LogP contribution in [0.2, 0.25) is 5.02 Å². The number of carbonyl (C=O) groups excluding carboxylic acids is 1. The second-order valence-electron chi connectivity index (χ2n) is 7.39. The molecule has 0 spiro atoms. The number of benzene rings is 1. The van der Waals surface area contributed by atoms with Gasteiger partial charge in [-0.15, -0.1) is 24.0 Å². The van der Waals surface area contributed by atoms with E-state index in [4.69, 9.17) is 11.6 Å². The highest BCUT2D eigenvalue weighted by Gasteiger charge is 2.22. The second-order valence-corrected chi connectivity index (χ2v) is 7.82. The normalized spacial score (nSPS) is 14.0. The minimum atomic E-state index is 0. The number of aliphatic imine (C=N–C) groups is 1. The molecule has 10 heteroatoms. The van der Waals surface area contributed by atoms with E-state index in [-0.39, 0.29) is 29.9 Å². The number of anilines is 1. The molecule has 1 N–H and O–H groups in total. The molecule has 3 rings (SSSR count). The Hall–Kier alpha value is -2.14. The molecule has 174 valence electrons. The molecule has 0 aliphatic carbocycles. The monoisotopic (exact) mass is 571 g/mol. The maximum atomic E-state index is 12.6. The SMILES string of the molecule is CCNC(=NCCC(=O)N1CCN(c2ncccn2)CC1)N(C)Cc1cccc(Cl)c1.I. The third kappa shape index (κ3) is 7.77. The van der Waals surface area contributed by atoms with Crippen LogP contribution in [0.3, 0.4) is 0 Å². The number of rotatable bonds is 7. The zero-order valence-corrected chi connectivity index (χ0v) is 21.7. The second kappa shape index (κ2) is 13.4. The van der Waals surface area contributed by atoms with Gasteiger partial charge in [-0.25, -0.2) is 9.97 Å². The van der Waals surface area contributed by atoms with E-state index in [9.17, 15) is 4.79 Å². The molecule has 1 aliphatic heterocycles. The highest BCUT2D eigenvalue weighted by Crippen LogP contribution is 2.13. The summed E-state index contributed by atoms with van der Waals surface area (Å²) in [6, 6.07) is 9.60. The quantitative estimate of drug-likeness (QED) is 0.313. The molecule has 8 nitrogen and oxygen atoms in total. The smallest absolute Gasteiger partial charge is 0.225 e. The first-order chi connectivity index (χ1) is 15.1. The molecule has 0 unspecified atom stereocenters. The Morgan fingerprint density at radius 2 is 1.91 bits per heavy atom. The summed E-state index contributed by atoms with van der Waals surface area (Å²) < 4.78 is 0. The van der Waals surface area contributed by atoms with Crippen LogP contribution < -0.4 is 10.2 Å². The lowest BCUT2D eigenvalue weighted by Gasteiger charge is -2.34. The number of piperazine rings is 1. The summed E-state index contributed by atoms with van der Waals surface area (Å²) in [5.41, 5.74) is 1.11. The number of carbonyl (C=O) groups is 1. The summed E-state index contributed by atoms with van der Waals surface area (Å²) in [7, 11) is 1.98. The number of aromatic nitrogens is 2. The first kappa shape index (κ1) is 26.1. The number of guanidine groups is 1. The van der Waals surface area contributed by atoms with Crippen LogP contribution in [0.1, 0.15) is 18.9 Å². The van der Waals surface area contributed by atoms with Crippen molar-refractivity contribution in [2.45, 2.75) is 19.9 Å². The lowest BCUT2D eigenvalue weighted by Crippen LogP contribution is -2.49. The Morgan fingerprint density at radius 3 is 2.56 bits per heavy atom. The van der Waals surface area contributed by atoms with Gasteiger partial charge in [0.1, 0.15) is 0 Å². The van der Waals surface area contributed by atoms with E-state index in [1.807, 2.05) is 48.0 Å². The third-order valence-electron chi connectivity index (χ3n) is 5.06. The Morgan fingerprint density at radius 1 is 1.19 bits per heavy atom. The van der Waals surface area contributed by atoms with Gasteiger partial charge in [0.25, 0.3) is 0 Å². The number of nitrogens with zero attached hydrogens (tertiary/aromatic N) is 6. The zero-order valence-electron chi connectivity index (χ0n) is 18.6. The van der Waals surface area contributed by atoms with E-state index in [1.54, 1.807) is 18.5 Å². The number of halogens is 2. The average molecular weight is 572 g/mol. The van der Waals surface area contributed by atoms with Crippen molar-refractivity contribution in [2.24, 2.45) is 4.99 Å². The Labute approximate surface area is 212 Å². The predicted octanol–water partition coefficient (Wildman–Crippen LogP) is 2.88. The van der Waals surface area contributed by atoms with Crippen molar-refractivity contribution in [1.29, 1.82) is 0 Å². The molecule has 1 aliphatic rings. The maximum Gasteiger partial charge on any atom is 0.225 e. The van der Waals surface area contributed by atoms with Crippen molar-refractivity contribution in [3.63, 3.8) is 0 Å². The summed E-state index contributed by atoms with van der Waals surface area (Å²) in [4.78, 5) is 31.9. The third-order valence-corrected chi connectivity index (χ3v) is 5.29. The Bertz CT molecular complexity index is 876. The molecule has 0 saturated carbocycles. The zero-order chi connectivity index (χ0) is 22.1. The van der Waals surface area contributed by atoms with E-state index >= 15 is 0 Å². The minimum Gasteiger partial charge on any atom is -0.357 e. The molecule has 2 aromatic rings. The van der Waals surface area contributed by atoms with Crippen molar-refractivity contribution in [2.75, 3.05) is 51.2 Å². The van der Waals surface area contributed by atoms with E-state index in [1.165, 1.54) is 0 Å². The largest absolute Gasteiger partial charge is 0.357 e. The van der Waals surface area contributed by atoms with Crippen molar-refractivity contribution in [1.82, 2.24) is 25.1 Å². The Kier molecular flexibility index (Phi) is 10.9. The van der Waals surface area contributed by atoms with E-state index in [2.05, 4.69) is 25.2 Å². The molecule has 1 amide bonds. The van der Waals surface area contributed by atoms with Crippen LogP contribution in [0.4, 0.5) is 5.95 Å². The predicted molar refractivity (Wildman–Crippen MR) is 140 cm³/mol. The fourth-order valence-corrected chi connectivity index (χ4v) is 3.69. The molecule has 2 heterocycles. The number of nitrogens with one attached hydrogen (secondary N) is 1. The molecule has 1 aromatic carbocycles. The molecule has 0 radical (unpaired) electrons. The van der Waals surface area contributed by atoms with Crippen LogP contribution >= 0.6 is 35.6 Å². The molecule has 0 bridgehead atoms. The van der Waals surface area contributed by atoms with Gasteiger partial charge in [0.2, 0.25) is 11.9 Å². The van der Waals surface area contributed by atoms with E-state index < -0.39 is 0 Å². The van der Waals surface area contributed by atoms with Crippen LogP contribution in [-0.2, 0) is 11.3 Å². The topological polar surface area (TPSA) is 77.0 Å². The summed E-state index contributed by atoms with van der Waals surface area (Å²) in [6.45, 7) is 6.76. The molecular formula is C22H31ClIN7O. The van der Waals surface area contributed by atoms with Crippen molar-refractivity contribution in [3.8, 4) is 0 Å². The van der Waals surface area contributed by atoms with Crippen molar-refractivity contribution >= 4 is 53.4 Å². The van der Waals surface area contributed by atoms with Gasteiger partial charge in [-0.3, -0.25) is 9.79 Å². The van der Waals surface area contributed by atoms with Crippen LogP contribution in [0, 0.1) is 0 Å². The lowest BCUT2D eigenvalue weighted by molar-refractivity contribution is -0.131. The van der Waals surface area contributed by atoms with Gasteiger partial charge in [-0.2, -0.15) is 0 Å². The maximum absolute atomic E-state index is 12.6. The van der Waals surface area contributed by atoms with Gasteiger partial charge in [-0.1, -0.05) is 23.7 Å². The van der Waals surface area contributed by atoms with Gasteiger partial charge in [-0.05, 0) is 30.7 Å². The molecular weight excluding hydrogens is 541 g/mol. The van der Waals surface area contributed by atoms with Gasteiger partial charge in [0.05, 0.1) is 6.54 Å². The van der Waals surface area contributed by atoms with Crippen LogP contribution in [0.5, 0.6) is 0 Å². The fourth-order valence-electron chi connectivity index (χ4n) is 3.48.